The Hall–Kier alpha value is -2.93. The summed E-state index contributed by atoms with van der Waals surface area (Å²) >= 11 is 0. The van der Waals surface area contributed by atoms with Crippen LogP contribution in [0.5, 0.6) is 5.75 Å². The summed E-state index contributed by atoms with van der Waals surface area (Å²) in [6.07, 6.45) is 0. The molecular weight excluding hydrogens is 341 g/mol. The van der Waals surface area contributed by atoms with Gasteiger partial charge in [0.25, 0.3) is 5.91 Å². The zero-order valence-electron chi connectivity index (χ0n) is 14.6. The van der Waals surface area contributed by atoms with Crippen molar-refractivity contribution in [2.24, 2.45) is 0 Å². The van der Waals surface area contributed by atoms with Crippen LogP contribution in [0.1, 0.15) is 10.4 Å². The third-order valence-corrected chi connectivity index (χ3v) is 3.80. The number of rotatable bonds is 8. The van der Waals surface area contributed by atoms with E-state index in [2.05, 4.69) is 0 Å². The van der Waals surface area contributed by atoms with Crippen LogP contribution in [0.4, 0.5) is 4.39 Å². The maximum absolute atomic E-state index is 14.5. The molecule has 0 aliphatic heterocycles. The summed E-state index contributed by atoms with van der Waals surface area (Å²) < 4.78 is 24.5. The van der Waals surface area contributed by atoms with Gasteiger partial charge in [-0.25, -0.2) is 4.39 Å². The molecule has 0 saturated heterocycles. The molecule has 0 heterocycles. The fourth-order valence-corrected chi connectivity index (χ4v) is 2.44. The molecule has 0 unspecified atom stereocenters. The van der Waals surface area contributed by atoms with Gasteiger partial charge in [-0.15, -0.1) is 0 Å². The van der Waals surface area contributed by atoms with E-state index in [0.717, 1.165) is 10.5 Å². The van der Waals surface area contributed by atoms with E-state index in [4.69, 9.17) is 14.6 Å². The summed E-state index contributed by atoms with van der Waals surface area (Å²) in [5.41, 5.74) is 1.19. The van der Waals surface area contributed by atoms with Gasteiger partial charge in [0.15, 0.2) is 0 Å². The molecule has 138 valence electrons. The van der Waals surface area contributed by atoms with Crippen molar-refractivity contribution >= 4 is 11.9 Å². The first kappa shape index (κ1) is 19.4. The fraction of sp³-hybridized carbons (Fsp3) is 0.263. The van der Waals surface area contributed by atoms with Gasteiger partial charge in [-0.05, 0) is 35.4 Å². The molecular formula is C19H20FNO5. The van der Waals surface area contributed by atoms with E-state index >= 15 is 0 Å². The lowest BCUT2D eigenvalue weighted by molar-refractivity contribution is -0.137. The first-order chi connectivity index (χ1) is 12.5. The largest absolute Gasteiger partial charge is 0.497 e. The van der Waals surface area contributed by atoms with Gasteiger partial charge in [-0.2, -0.15) is 0 Å². The number of ether oxygens (including phenoxy) is 2. The molecule has 0 atom stereocenters. The lowest BCUT2D eigenvalue weighted by Gasteiger charge is -2.20. The first-order valence-corrected chi connectivity index (χ1v) is 7.90. The minimum Gasteiger partial charge on any atom is -0.497 e. The second kappa shape index (κ2) is 8.96. The van der Waals surface area contributed by atoms with Crippen molar-refractivity contribution in [2.45, 2.75) is 0 Å². The third kappa shape index (κ3) is 4.80. The van der Waals surface area contributed by atoms with Crippen LogP contribution in [0.3, 0.4) is 0 Å². The average molecular weight is 361 g/mol. The zero-order valence-corrected chi connectivity index (χ0v) is 14.6. The van der Waals surface area contributed by atoms with Crippen molar-refractivity contribution in [3.05, 3.63) is 53.8 Å². The normalized spacial score (nSPS) is 10.4. The van der Waals surface area contributed by atoms with Crippen LogP contribution in [0, 0.1) is 5.82 Å². The maximum atomic E-state index is 14.5. The van der Waals surface area contributed by atoms with Crippen molar-refractivity contribution in [3.8, 4) is 16.9 Å². The van der Waals surface area contributed by atoms with E-state index < -0.39 is 24.2 Å². The van der Waals surface area contributed by atoms with E-state index in [1.807, 2.05) is 0 Å². The second-order valence-corrected chi connectivity index (χ2v) is 5.54. The molecule has 0 aromatic heterocycles. The molecule has 2 aromatic carbocycles. The topological polar surface area (TPSA) is 76.1 Å². The quantitative estimate of drug-likeness (QED) is 0.782. The van der Waals surface area contributed by atoms with E-state index in [0.29, 0.717) is 11.3 Å². The number of carboxylic acids is 1. The Morgan fingerprint density at radius 2 is 1.73 bits per heavy atom. The van der Waals surface area contributed by atoms with Crippen LogP contribution in [0.2, 0.25) is 0 Å². The fourth-order valence-electron chi connectivity index (χ4n) is 2.44. The van der Waals surface area contributed by atoms with E-state index in [9.17, 15) is 14.0 Å². The molecule has 2 rings (SSSR count). The minimum atomic E-state index is -1.18. The molecule has 0 aliphatic rings. The Morgan fingerprint density at radius 1 is 1.08 bits per heavy atom. The Bertz CT molecular complexity index is 776. The Morgan fingerprint density at radius 3 is 2.27 bits per heavy atom. The number of carboxylic acid groups (broad SMARTS) is 1. The van der Waals surface area contributed by atoms with Crippen LogP contribution in [-0.2, 0) is 9.53 Å². The third-order valence-electron chi connectivity index (χ3n) is 3.80. The summed E-state index contributed by atoms with van der Waals surface area (Å²) in [6.45, 7) is -0.312. The van der Waals surface area contributed by atoms with E-state index in [1.54, 1.807) is 37.4 Å². The molecule has 1 N–H and O–H groups in total. The summed E-state index contributed by atoms with van der Waals surface area (Å²) in [5, 5.41) is 8.95. The smallest absolute Gasteiger partial charge is 0.323 e. The number of benzene rings is 2. The van der Waals surface area contributed by atoms with Crippen LogP contribution in [0.15, 0.2) is 42.5 Å². The van der Waals surface area contributed by atoms with Crippen molar-refractivity contribution in [2.75, 3.05) is 33.9 Å². The molecule has 1 amide bonds. The number of amides is 1. The van der Waals surface area contributed by atoms with Gasteiger partial charge in [0, 0.05) is 13.7 Å². The number of hydrogen-bond acceptors (Lipinski definition) is 4. The van der Waals surface area contributed by atoms with Gasteiger partial charge in [0.05, 0.1) is 19.3 Å². The molecule has 0 saturated carbocycles. The van der Waals surface area contributed by atoms with Crippen molar-refractivity contribution in [1.29, 1.82) is 0 Å². The summed E-state index contributed by atoms with van der Waals surface area (Å²) in [6, 6.07) is 11.3. The number of aliphatic carboxylic acids is 1. The first-order valence-electron chi connectivity index (χ1n) is 7.90. The zero-order chi connectivity index (χ0) is 19.1. The van der Waals surface area contributed by atoms with Gasteiger partial charge < -0.3 is 19.5 Å². The molecule has 0 bridgehead atoms. The highest BCUT2D eigenvalue weighted by atomic mass is 19.1. The van der Waals surface area contributed by atoms with Crippen LogP contribution < -0.4 is 4.74 Å². The number of halogens is 1. The van der Waals surface area contributed by atoms with Gasteiger partial charge >= 0.3 is 5.97 Å². The van der Waals surface area contributed by atoms with Crippen LogP contribution >= 0.6 is 0 Å². The number of nitrogens with zero attached hydrogens (tertiary/aromatic N) is 1. The number of hydrogen-bond donors (Lipinski definition) is 1. The van der Waals surface area contributed by atoms with Gasteiger partial charge in [-0.3, -0.25) is 9.59 Å². The Kier molecular flexibility index (Phi) is 6.68. The Labute approximate surface area is 150 Å². The SMILES string of the molecule is COCCN(CC(=O)O)C(=O)c1ccc(-c2ccc(OC)cc2)cc1F. The van der Waals surface area contributed by atoms with Gasteiger partial charge in [0.1, 0.15) is 18.1 Å². The predicted molar refractivity (Wildman–Crippen MR) is 93.8 cm³/mol. The average Bonchev–Trinajstić information content (AvgIpc) is 2.64. The molecule has 0 radical (unpaired) electrons. The summed E-state index contributed by atoms with van der Waals surface area (Å²) in [7, 11) is 3.00. The second-order valence-electron chi connectivity index (χ2n) is 5.54. The van der Waals surface area contributed by atoms with Crippen LogP contribution in [-0.4, -0.2) is 55.8 Å². The number of carbonyl (C=O) groups excluding carboxylic acids is 1. The molecule has 7 heteroatoms. The molecule has 0 aliphatic carbocycles. The van der Waals surface area contributed by atoms with Crippen molar-refractivity contribution in [3.63, 3.8) is 0 Å². The lowest BCUT2D eigenvalue weighted by atomic mass is 10.0. The number of methoxy groups -OCH3 is 2. The summed E-state index contributed by atoms with van der Waals surface area (Å²) in [4.78, 5) is 24.5. The summed E-state index contributed by atoms with van der Waals surface area (Å²) in [5.74, 6) is -1.90. The van der Waals surface area contributed by atoms with Gasteiger partial charge in [-0.1, -0.05) is 18.2 Å². The molecule has 0 spiro atoms. The maximum Gasteiger partial charge on any atom is 0.323 e. The minimum absolute atomic E-state index is 0.0568. The highest BCUT2D eigenvalue weighted by Crippen LogP contribution is 2.24. The number of carbonyl (C=O) groups is 2. The van der Waals surface area contributed by atoms with E-state index in [1.165, 1.54) is 19.2 Å². The highest BCUT2D eigenvalue weighted by molar-refractivity contribution is 5.96. The molecule has 26 heavy (non-hydrogen) atoms. The van der Waals surface area contributed by atoms with E-state index in [-0.39, 0.29) is 18.7 Å². The highest BCUT2D eigenvalue weighted by Gasteiger charge is 2.21. The molecule has 6 nitrogen and oxygen atoms in total. The van der Waals surface area contributed by atoms with Crippen LogP contribution in [0.25, 0.3) is 11.1 Å². The van der Waals surface area contributed by atoms with Gasteiger partial charge in [0.2, 0.25) is 0 Å². The van der Waals surface area contributed by atoms with Crippen molar-refractivity contribution in [1.82, 2.24) is 4.90 Å². The molecule has 0 fully saturated rings. The van der Waals surface area contributed by atoms with Crippen molar-refractivity contribution < 1.29 is 28.6 Å². The predicted octanol–water partition coefficient (Wildman–Crippen LogP) is 2.67. The standard InChI is InChI=1S/C19H20FNO5/c1-25-10-9-21(12-18(22)23)19(24)16-8-5-14(11-17(16)20)13-3-6-15(26-2)7-4-13/h3-8,11H,9-10,12H2,1-2H3,(H,22,23). The molecule has 2 aromatic rings. The monoisotopic (exact) mass is 361 g/mol. The lowest BCUT2D eigenvalue weighted by Crippen LogP contribution is -2.38. The Balaban J connectivity index is 2.25.